The lowest BCUT2D eigenvalue weighted by Gasteiger charge is -2.13. The molecule has 37 heavy (non-hydrogen) atoms. The van der Waals surface area contributed by atoms with E-state index in [1.165, 1.54) is 19.2 Å². The number of hydrogen-bond acceptors (Lipinski definition) is 4. The first-order valence-electron chi connectivity index (χ1n) is 11.0. The molecule has 0 aromatic heterocycles. The van der Waals surface area contributed by atoms with Gasteiger partial charge in [0, 0.05) is 39.8 Å². The van der Waals surface area contributed by atoms with E-state index in [-0.39, 0.29) is 17.1 Å². The smallest absolute Gasteiger partial charge is 0.253 e. The minimum absolute atomic E-state index is 0.184. The van der Waals surface area contributed by atoms with Crippen molar-refractivity contribution >= 4 is 75.5 Å². The standard InChI is InChI=1S/C26H21Cl5N2O4/c1-36-18-5-3-13(21(11-18)37-2)12-32-24(34)19-10-17(4-6-20(19)29)33-25(35)23-22(26(23,30)31)14-7-15(27)9-16(28)8-14/h3-11,22-23H,12H2,1-2H3,(H,32,34)(H,33,35)/t22-,23?/m1/s1. The van der Waals surface area contributed by atoms with Crippen LogP contribution in [0, 0.1) is 5.92 Å². The van der Waals surface area contributed by atoms with Crippen molar-refractivity contribution in [3.63, 3.8) is 0 Å². The number of rotatable bonds is 8. The molecule has 1 aliphatic carbocycles. The maximum Gasteiger partial charge on any atom is 0.253 e. The molecule has 0 aliphatic heterocycles. The zero-order chi connectivity index (χ0) is 26.9. The van der Waals surface area contributed by atoms with Gasteiger partial charge in [-0.3, -0.25) is 9.59 Å². The minimum Gasteiger partial charge on any atom is -0.497 e. The molecule has 11 heteroatoms. The number of ether oxygens (including phenoxy) is 2. The summed E-state index contributed by atoms with van der Waals surface area (Å²) in [5.74, 6) is -0.892. The molecular formula is C26H21Cl5N2O4. The molecule has 0 saturated heterocycles. The average Bonchev–Trinajstić information content (AvgIpc) is 3.44. The van der Waals surface area contributed by atoms with Crippen molar-refractivity contribution in [1.29, 1.82) is 0 Å². The van der Waals surface area contributed by atoms with Crippen molar-refractivity contribution in [3.8, 4) is 11.5 Å². The zero-order valence-corrected chi connectivity index (χ0v) is 23.4. The van der Waals surface area contributed by atoms with Gasteiger partial charge < -0.3 is 20.1 Å². The number of amides is 2. The Balaban J connectivity index is 1.46. The van der Waals surface area contributed by atoms with Gasteiger partial charge in [-0.2, -0.15) is 0 Å². The molecule has 6 nitrogen and oxygen atoms in total. The summed E-state index contributed by atoms with van der Waals surface area (Å²) in [5.41, 5.74) is 1.95. The molecule has 1 aliphatic rings. The monoisotopic (exact) mass is 600 g/mol. The molecule has 0 spiro atoms. The third-order valence-electron chi connectivity index (χ3n) is 5.99. The number of hydrogen-bond donors (Lipinski definition) is 2. The summed E-state index contributed by atoms with van der Waals surface area (Å²) in [5, 5.41) is 6.63. The van der Waals surface area contributed by atoms with E-state index < -0.39 is 28.0 Å². The summed E-state index contributed by atoms with van der Waals surface area (Å²) in [6.07, 6.45) is 0. The minimum atomic E-state index is -1.33. The van der Waals surface area contributed by atoms with Crippen LogP contribution < -0.4 is 20.1 Å². The van der Waals surface area contributed by atoms with Gasteiger partial charge in [-0.05, 0) is 54.1 Å². The van der Waals surface area contributed by atoms with Crippen LogP contribution in [-0.4, -0.2) is 30.4 Å². The number of benzene rings is 3. The molecule has 1 saturated carbocycles. The summed E-state index contributed by atoms with van der Waals surface area (Å²) >= 11 is 31.3. The molecule has 194 valence electrons. The Morgan fingerprint density at radius 3 is 2.27 bits per heavy atom. The molecule has 0 radical (unpaired) electrons. The Kier molecular flexibility index (Phi) is 8.36. The SMILES string of the molecule is COc1ccc(CNC(=O)c2cc(NC(=O)C3[C@@H](c4cc(Cl)cc(Cl)c4)C3(Cl)Cl)ccc2Cl)c(OC)c1. The third-order valence-corrected chi connectivity index (χ3v) is 7.70. The topological polar surface area (TPSA) is 76.7 Å². The molecule has 3 aromatic carbocycles. The van der Waals surface area contributed by atoms with E-state index >= 15 is 0 Å². The van der Waals surface area contributed by atoms with Gasteiger partial charge in [0.15, 0.2) is 0 Å². The second kappa shape index (κ2) is 11.2. The largest absolute Gasteiger partial charge is 0.497 e. The van der Waals surface area contributed by atoms with Crippen LogP contribution in [0.25, 0.3) is 0 Å². The number of carbonyl (C=O) groups is 2. The quantitative estimate of drug-likeness (QED) is 0.269. The van der Waals surface area contributed by atoms with Gasteiger partial charge in [-0.25, -0.2) is 0 Å². The molecule has 2 amide bonds. The van der Waals surface area contributed by atoms with E-state index in [9.17, 15) is 9.59 Å². The Hall–Kier alpha value is -2.35. The lowest BCUT2D eigenvalue weighted by molar-refractivity contribution is -0.117. The van der Waals surface area contributed by atoms with Crippen molar-refractivity contribution in [2.75, 3.05) is 19.5 Å². The van der Waals surface area contributed by atoms with Crippen LogP contribution in [0.3, 0.4) is 0 Å². The van der Waals surface area contributed by atoms with Crippen LogP contribution in [0.15, 0.2) is 54.6 Å². The first-order chi connectivity index (χ1) is 17.5. The molecule has 2 N–H and O–H groups in total. The van der Waals surface area contributed by atoms with E-state index in [0.29, 0.717) is 32.8 Å². The van der Waals surface area contributed by atoms with Crippen LogP contribution in [-0.2, 0) is 11.3 Å². The van der Waals surface area contributed by atoms with Gasteiger partial charge in [0.1, 0.15) is 15.8 Å². The molecule has 0 heterocycles. The van der Waals surface area contributed by atoms with Crippen LogP contribution >= 0.6 is 58.0 Å². The number of nitrogens with one attached hydrogen (secondary N) is 2. The van der Waals surface area contributed by atoms with Crippen molar-refractivity contribution < 1.29 is 19.1 Å². The Morgan fingerprint density at radius 2 is 1.62 bits per heavy atom. The number of methoxy groups -OCH3 is 2. The van der Waals surface area contributed by atoms with E-state index in [1.54, 1.807) is 49.6 Å². The molecule has 0 bridgehead atoms. The highest BCUT2D eigenvalue weighted by molar-refractivity contribution is 6.53. The predicted molar refractivity (Wildman–Crippen MR) is 148 cm³/mol. The van der Waals surface area contributed by atoms with Crippen LogP contribution in [0.1, 0.15) is 27.4 Å². The zero-order valence-electron chi connectivity index (χ0n) is 19.6. The summed E-state index contributed by atoms with van der Waals surface area (Å²) in [4.78, 5) is 25.9. The fourth-order valence-corrected chi connectivity index (χ4v) is 5.66. The maximum absolute atomic E-state index is 13.0. The molecular weight excluding hydrogens is 582 g/mol. The summed E-state index contributed by atoms with van der Waals surface area (Å²) < 4.78 is 9.23. The van der Waals surface area contributed by atoms with Crippen molar-refractivity contribution in [2.45, 2.75) is 16.8 Å². The van der Waals surface area contributed by atoms with Crippen LogP contribution in [0.5, 0.6) is 11.5 Å². The highest BCUT2D eigenvalue weighted by Crippen LogP contribution is 2.65. The first-order valence-corrected chi connectivity index (χ1v) is 12.9. The fraction of sp³-hybridized carbons (Fsp3) is 0.231. The predicted octanol–water partition coefficient (Wildman–Crippen LogP) is 7.12. The maximum atomic E-state index is 13.0. The summed E-state index contributed by atoms with van der Waals surface area (Å²) in [7, 11) is 3.09. The summed E-state index contributed by atoms with van der Waals surface area (Å²) in [6.45, 7) is 0.186. The third kappa shape index (κ3) is 6.05. The van der Waals surface area contributed by atoms with Crippen LogP contribution in [0.4, 0.5) is 5.69 Å². The van der Waals surface area contributed by atoms with Gasteiger partial charge in [-0.15, -0.1) is 23.2 Å². The lowest BCUT2D eigenvalue weighted by atomic mass is 10.1. The number of halogens is 5. The Bertz CT molecular complexity index is 1340. The van der Waals surface area contributed by atoms with E-state index in [2.05, 4.69) is 10.6 Å². The Morgan fingerprint density at radius 1 is 0.919 bits per heavy atom. The fourth-order valence-electron chi connectivity index (χ4n) is 4.09. The van der Waals surface area contributed by atoms with E-state index in [1.807, 2.05) is 0 Å². The van der Waals surface area contributed by atoms with Gasteiger partial charge >= 0.3 is 0 Å². The Labute approximate surface area is 239 Å². The van der Waals surface area contributed by atoms with Gasteiger partial charge in [-0.1, -0.05) is 34.8 Å². The van der Waals surface area contributed by atoms with E-state index in [0.717, 1.165) is 5.56 Å². The molecule has 3 aromatic rings. The van der Waals surface area contributed by atoms with E-state index in [4.69, 9.17) is 67.5 Å². The molecule has 2 atom stereocenters. The van der Waals surface area contributed by atoms with Gasteiger partial charge in [0.25, 0.3) is 5.91 Å². The number of alkyl halides is 2. The molecule has 1 unspecified atom stereocenters. The highest BCUT2D eigenvalue weighted by atomic mass is 35.5. The lowest BCUT2D eigenvalue weighted by Crippen LogP contribution is -2.24. The second-order valence-electron chi connectivity index (χ2n) is 8.38. The molecule has 1 fully saturated rings. The van der Waals surface area contributed by atoms with Crippen molar-refractivity contribution in [2.24, 2.45) is 5.92 Å². The van der Waals surface area contributed by atoms with Crippen LogP contribution in [0.2, 0.25) is 15.1 Å². The van der Waals surface area contributed by atoms with Crippen molar-refractivity contribution in [3.05, 3.63) is 86.4 Å². The molecule has 4 rings (SSSR count). The summed E-state index contributed by atoms with van der Waals surface area (Å²) in [6, 6.07) is 14.8. The normalized spacial score (nSPS) is 17.6. The van der Waals surface area contributed by atoms with Gasteiger partial charge in [0.2, 0.25) is 5.91 Å². The first kappa shape index (κ1) is 27.7. The van der Waals surface area contributed by atoms with Crippen molar-refractivity contribution in [1.82, 2.24) is 5.32 Å². The highest BCUT2D eigenvalue weighted by Gasteiger charge is 2.67. The number of carbonyl (C=O) groups excluding carboxylic acids is 2. The second-order valence-corrected chi connectivity index (χ2v) is 11.1. The number of anilines is 1. The average molecular weight is 603 g/mol. The van der Waals surface area contributed by atoms with Gasteiger partial charge in [0.05, 0.1) is 30.7 Å².